The predicted molar refractivity (Wildman–Crippen MR) is 59.2 cm³/mol. The number of hydrogen-bond donors (Lipinski definition) is 1. The summed E-state index contributed by atoms with van der Waals surface area (Å²) in [7, 11) is 0. The van der Waals surface area contributed by atoms with Gasteiger partial charge in [-0.3, -0.25) is 9.59 Å². The minimum Gasteiger partial charge on any atom is -0.481 e. The molecule has 1 N–H and O–H groups in total. The number of aliphatic carboxylic acids is 1. The summed E-state index contributed by atoms with van der Waals surface area (Å²) in [6.07, 6.45) is 2.16. The molecule has 0 aromatic heterocycles. The van der Waals surface area contributed by atoms with E-state index in [0.717, 1.165) is 6.42 Å². The largest absolute Gasteiger partial charge is 0.481 e. The van der Waals surface area contributed by atoms with Crippen molar-refractivity contribution in [3.05, 3.63) is 35.9 Å². The maximum Gasteiger partial charge on any atom is 0.307 e. The second kappa shape index (κ2) is 4.47. The molecule has 1 aliphatic rings. The van der Waals surface area contributed by atoms with E-state index in [2.05, 4.69) is 0 Å². The maximum atomic E-state index is 12.1. The Morgan fingerprint density at radius 1 is 1.06 bits per heavy atom. The molecule has 0 heterocycles. The van der Waals surface area contributed by atoms with Crippen molar-refractivity contribution in [1.82, 2.24) is 0 Å². The third kappa shape index (κ3) is 1.98. The first-order chi connectivity index (χ1) is 7.70. The van der Waals surface area contributed by atoms with Crippen LogP contribution in [0.4, 0.5) is 0 Å². The normalized spacial score (nSPS) is 24.2. The van der Waals surface area contributed by atoms with Crippen molar-refractivity contribution in [1.29, 1.82) is 0 Å². The molecule has 0 saturated heterocycles. The van der Waals surface area contributed by atoms with Gasteiger partial charge in [-0.2, -0.15) is 0 Å². The third-order valence-electron chi connectivity index (χ3n) is 3.23. The maximum absolute atomic E-state index is 12.1. The molecule has 0 bridgehead atoms. The highest BCUT2D eigenvalue weighted by Gasteiger charge is 2.37. The summed E-state index contributed by atoms with van der Waals surface area (Å²) in [6.45, 7) is 0. The molecule has 16 heavy (non-hydrogen) atoms. The molecule has 0 aliphatic heterocycles. The molecule has 0 amide bonds. The van der Waals surface area contributed by atoms with Crippen molar-refractivity contribution in [3.63, 3.8) is 0 Å². The van der Waals surface area contributed by atoms with Crippen LogP contribution in [0.2, 0.25) is 0 Å². The fourth-order valence-corrected chi connectivity index (χ4v) is 2.39. The Morgan fingerprint density at radius 3 is 2.31 bits per heavy atom. The van der Waals surface area contributed by atoms with E-state index in [4.69, 9.17) is 5.11 Å². The Bertz CT molecular complexity index is 397. The van der Waals surface area contributed by atoms with Gasteiger partial charge in [-0.1, -0.05) is 36.8 Å². The molecule has 2 atom stereocenters. The van der Waals surface area contributed by atoms with Gasteiger partial charge in [0.25, 0.3) is 0 Å². The average Bonchev–Trinajstić information content (AvgIpc) is 2.78. The summed E-state index contributed by atoms with van der Waals surface area (Å²) >= 11 is 0. The van der Waals surface area contributed by atoms with E-state index < -0.39 is 11.9 Å². The number of carbonyl (C=O) groups is 2. The van der Waals surface area contributed by atoms with Gasteiger partial charge >= 0.3 is 5.97 Å². The zero-order valence-corrected chi connectivity index (χ0v) is 8.93. The number of benzene rings is 1. The van der Waals surface area contributed by atoms with Crippen molar-refractivity contribution in [2.24, 2.45) is 11.8 Å². The van der Waals surface area contributed by atoms with Crippen molar-refractivity contribution in [2.75, 3.05) is 0 Å². The van der Waals surface area contributed by atoms with Crippen molar-refractivity contribution in [3.8, 4) is 0 Å². The summed E-state index contributed by atoms with van der Waals surface area (Å²) in [5, 5.41) is 9.03. The summed E-state index contributed by atoms with van der Waals surface area (Å²) in [5.41, 5.74) is 0.626. The van der Waals surface area contributed by atoms with Crippen LogP contribution in [-0.2, 0) is 4.79 Å². The van der Waals surface area contributed by atoms with E-state index in [-0.39, 0.29) is 11.7 Å². The number of carboxylic acid groups (broad SMARTS) is 1. The lowest BCUT2D eigenvalue weighted by Gasteiger charge is -2.14. The van der Waals surface area contributed by atoms with Crippen LogP contribution in [0.3, 0.4) is 0 Å². The standard InChI is InChI=1S/C13H14O3/c14-12(9-5-2-1-3-6-9)10-7-4-8-11(10)13(15)16/h1-3,5-6,10-11H,4,7-8H2,(H,15,16)/t10-,11-/m0/s1. The van der Waals surface area contributed by atoms with Gasteiger partial charge in [-0.15, -0.1) is 0 Å². The van der Waals surface area contributed by atoms with Gasteiger partial charge in [0, 0.05) is 11.5 Å². The van der Waals surface area contributed by atoms with Gasteiger partial charge < -0.3 is 5.11 Å². The summed E-state index contributed by atoms with van der Waals surface area (Å²) in [6, 6.07) is 8.95. The smallest absolute Gasteiger partial charge is 0.307 e. The lowest BCUT2D eigenvalue weighted by atomic mass is 9.88. The molecule has 1 aliphatic carbocycles. The Morgan fingerprint density at radius 2 is 1.69 bits per heavy atom. The molecule has 1 saturated carbocycles. The number of carboxylic acids is 1. The van der Waals surface area contributed by atoms with Crippen molar-refractivity contribution >= 4 is 11.8 Å². The van der Waals surface area contributed by atoms with Gasteiger partial charge in [0.15, 0.2) is 5.78 Å². The van der Waals surface area contributed by atoms with Gasteiger partial charge in [0.05, 0.1) is 5.92 Å². The molecule has 3 nitrogen and oxygen atoms in total. The number of rotatable bonds is 3. The Labute approximate surface area is 94.1 Å². The van der Waals surface area contributed by atoms with Crippen molar-refractivity contribution in [2.45, 2.75) is 19.3 Å². The second-order valence-electron chi connectivity index (χ2n) is 4.21. The Hall–Kier alpha value is -1.64. The average molecular weight is 218 g/mol. The van der Waals surface area contributed by atoms with E-state index in [0.29, 0.717) is 18.4 Å². The molecule has 1 fully saturated rings. The number of carbonyl (C=O) groups excluding carboxylic acids is 1. The summed E-state index contributed by atoms with van der Waals surface area (Å²) in [4.78, 5) is 23.1. The van der Waals surface area contributed by atoms with E-state index in [9.17, 15) is 9.59 Å². The topological polar surface area (TPSA) is 54.4 Å². The van der Waals surface area contributed by atoms with Crippen LogP contribution >= 0.6 is 0 Å². The molecule has 3 heteroatoms. The minimum atomic E-state index is -0.841. The van der Waals surface area contributed by atoms with E-state index in [1.807, 2.05) is 6.07 Å². The van der Waals surface area contributed by atoms with Gasteiger partial charge in [-0.25, -0.2) is 0 Å². The zero-order chi connectivity index (χ0) is 11.5. The lowest BCUT2D eigenvalue weighted by molar-refractivity contribution is -0.142. The molecule has 0 spiro atoms. The van der Waals surface area contributed by atoms with Crippen LogP contribution in [0.25, 0.3) is 0 Å². The molecular weight excluding hydrogens is 204 g/mol. The van der Waals surface area contributed by atoms with Crippen LogP contribution in [0.5, 0.6) is 0 Å². The monoisotopic (exact) mass is 218 g/mol. The van der Waals surface area contributed by atoms with E-state index >= 15 is 0 Å². The van der Waals surface area contributed by atoms with Crippen LogP contribution < -0.4 is 0 Å². The minimum absolute atomic E-state index is 0.0227. The third-order valence-corrected chi connectivity index (χ3v) is 3.23. The number of Topliss-reactive ketones (excluding diaryl/α,β-unsaturated/α-hetero) is 1. The lowest BCUT2D eigenvalue weighted by Crippen LogP contribution is -2.25. The number of ketones is 1. The van der Waals surface area contributed by atoms with Crippen LogP contribution in [0.1, 0.15) is 29.6 Å². The first kappa shape index (κ1) is 10.9. The first-order valence-corrected chi connectivity index (χ1v) is 5.52. The SMILES string of the molecule is O=C(O)[C@H]1CCC[C@@H]1C(=O)c1ccccc1. The van der Waals surface area contributed by atoms with Gasteiger partial charge in [-0.05, 0) is 12.8 Å². The quantitative estimate of drug-likeness (QED) is 0.792. The summed E-state index contributed by atoms with van der Waals surface area (Å²) < 4.78 is 0. The second-order valence-corrected chi connectivity index (χ2v) is 4.21. The van der Waals surface area contributed by atoms with Gasteiger partial charge in [0.2, 0.25) is 0 Å². The van der Waals surface area contributed by atoms with E-state index in [1.54, 1.807) is 24.3 Å². The fourth-order valence-electron chi connectivity index (χ4n) is 2.39. The highest BCUT2D eigenvalue weighted by atomic mass is 16.4. The molecule has 1 aromatic rings. The predicted octanol–water partition coefficient (Wildman–Crippen LogP) is 2.37. The highest BCUT2D eigenvalue weighted by molar-refractivity contribution is 6.00. The molecule has 2 rings (SSSR count). The first-order valence-electron chi connectivity index (χ1n) is 5.52. The van der Waals surface area contributed by atoms with E-state index in [1.165, 1.54) is 0 Å². The molecule has 0 radical (unpaired) electrons. The molecular formula is C13H14O3. The molecule has 84 valence electrons. The summed E-state index contributed by atoms with van der Waals surface area (Å²) in [5.74, 6) is -1.69. The zero-order valence-electron chi connectivity index (χ0n) is 8.93. The van der Waals surface area contributed by atoms with Crippen LogP contribution in [-0.4, -0.2) is 16.9 Å². The number of hydrogen-bond acceptors (Lipinski definition) is 2. The Kier molecular flexibility index (Phi) is 3.04. The van der Waals surface area contributed by atoms with Crippen molar-refractivity contribution < 1.29 is 14.7 Å². The molecule has 0 unspecified atom stereocenters. The fraction of sp³-hybridized carbons (Fsp3) is 0.385. The Balaban J connectivity index is 2.19. The van der Waals surface area contributed by atoms with Crippen LogP contribution in [0, 0.1) is 11.8 Å². The van der Waals surface area contributed by atoms with Gasteiger partial charge in [0.1, 0.15) is 0 Å². The highest BCUT2D eigenvalue weighted by Crippen LogP contribution is 2.34. The van der Waals surface area contributed by atoms with Crippen LogP contribution in [0.15, 0.2) is 30.3 Å². The molecule has 1 aromatic carbocycles.